The van der Waals surface area contributed by atoms with Crippen LogP contribution in [0.5, 0.6) is 0 Å². The maximum absolute atomic E-state index is 13.1. The molecule has 0 bridgehead atoms. The fourth-order valence-corrected chi connectivity index (χ4v) is 5.24. The number of methoxy groups -OCH3 is 1. The molecule has 168 valence electrons. The average molecular weight is 491 g/mol. The largest absolute Gasteiger partial charge is 0.464 e. The number of fused-ring (bicyclic) bond motifs is 1. The molecule has 1 atom stereocenters. The number of piperazine rings is 1. The van der Waals surface area contributed by atoms with Crippen molar-refractivity contribution in [2.75, 3.05) is 38.6 Å². The number of ether oxygens (including phenoxy) is 1. The van der Waals surface area contributed by atoms with E-state index in [9.17, 15) is 9.59 Å². The lowest BCUT2D eigenvalue weighted by Crippen LogP contribution is -2.55. The molecule has 2 N–H and O–H groups in total. The third-order valence-corrected chi connectivity index (χ3v) is 7.26. The van der Waals surface area contributed by atoms with Gasteiger partial charge < -0.3 is 15.0 Å². The molecule has 7 nitrogen and oxygen atoms in total. The number of aromatic amines is 1. The Balaban J connectivity index is 1.45. The Kier molecular flexibility index (Phi) is 6.99. The number of H-pyrrole nitrogens is 1. The van der Waals surface area contributed by atoms with E-state index in [0.29, 0.717) is 11.7 Å². The smallest absolute Gasteiger partial charge is 0.356 e. The first-order valence-electron chi connectivity index (χ1n) is 11.2. The van der Waals surface area contributed by atoms with E-state index in [4.69, 9.17) is 4.74 Å². The minimum Gasteiger partial charge on any atom is -0.464 e. The summed E-state index contributed by atoms with van der Waals surface area (Å²) in [5.74, 6) is -0.617. The van der Waals surface area contributed by atoms with Crippen LogP contribution in [-0.4, -0.2) is 72.0 Å². The van der Waals surface area contributed by atoms with Crippen molar-refractivity contribution in [2.45, 2.75) is 51.1 Å². The average Bonchev–Trinajstić information content (AvgIpc) is 3.16. The van der Waals surface area contributed by atoms with Gasteiger partial charge in [0.15, 0.2) is 0 Å². The van der Waals surface area contributed by atoms with Gasteiger partial charge in [0.1, 0.15) is 5.69 Å². The summed E-state index contributed by atoms with van der Waals surface area (Å²) >= 11 is 3.47. The lowest BCUT2D eigenvalue weighted by atomic mass is 9.94. The maximum atomic E-state index is 13.1. The Labute approximate surface area is 191 Å². The van der Waals surface area contributed by atoms with Gasteiger partial charge in [0.25, 0.3) is 0 Å². The predicted octanol–water partition coefficient (Wildman–Crippen LogP) is 3.99. The van der Waals surface area contributed by atoms with Crippen LogP contribution in [-0.2, 0) is 9.53 Å². The maximum Gasteiger partial charge on any atom is 0.356 e. The number of benzene rings is 1. The lowest BCUT2D eigenvalue weighted by Gasteiger charge is -2.42. The molecule has 1 saturated heterocycles. The summed E-state index contributed by atoms with van der Waals surface area (Å²) in [6.45, 7) is 5.72. The molecule has 1 saturated carbocycles. The number of carbonyl (C=O) groups is 2. The zero-order valence-corrected chi connectivity index (χ0v) is 19.8. The molecule has 0 radical (unpaired) electrons. The van der Waals surface area contributed by atoms with Crippen molar-refractivity contribution in [3.63, 3.8) is 0 Å². The van der Waals surface area contributed by atoms with E-state index < -0.39 is 5.97 Å². The normalized spacial score (nSPS) is 20.0. The highest BCUT2D eigenvalue weighted by atomic mass is 79.9. The van der Waals surface area contributed by atoms with Crippen LogP contribution in [0.3, 0.4) is 0 Å². The van der Waals surface area contributed by atoms with Crippen molar-refractivity contribution in [3.05, 3.63) is 28.4 Å². The first-order valence-corrected chi connectivity index (χ1v) is 12.0. The molecule has 8 heteroatoms. The molecular weight excluding hydrogens is 460 g/mol. The molecule has 2 aliphatic rings. The third kappa shape index (κ3) is 4.81. The second kappa shape index (κ2) is 9.71. The van der Waals surface area contributed by atoms with Gasteiger partial charge in [-0.15, -0.1) is 0 Å². The predicted molar refractivity (Wildman–Crippen MR) is 125 cm³/mol. The van der Waals surface area contributed by atoms with Gasteiger partial charge >= 0.3 is 5.97 Å². The molecular formula is C23H31BrN4O3. The molecule has 0 spiro atoms. The molecule has 1 aromatic carbocycles. The summed E-state index contributed by atoms with van der Waals surface area (Å²) in [7, 11) is 1.34. The van der Waals surface area contributed by atoms with Crippen LogP contribution in [0.25, 0.3) is 10.9 Å². The number of rotatable bonds is 5. The summed E-state index contributed by atoms with van der Waals surface area (Å²) in [4.78, 5) is 33.4. The van der Waals surface area contributed by atoms with Gasteiger partial charge in [0.05, 0.1) is 18.8 Å². The Morgan fingerprint density at radius 1 is 1.16 bits per heavy atom. The number of carbonyl (C=O) groups excluding carboxylic acids is 2. The van der Waals surface area contributed by atoms with E-state index in [1.165, 1.54) is 39.2 Å². The van der Waals surface area contributed by atoms with E-state index in [-0.39, 0.29) is 17.6 Å². The Morgan fingerprint density at radius 2 is 1.87 bits per heavy atom. The van der Waals surface area contributed by atoms with Crippen LogP contribution in [0.4, 0.5) is 5.69 Å². The van der Waals surface area contributed by atoms with E-state index in [1.54, 1.807) is 0 Å². The van der Waals surface area contributed by atoms with Crippen LogP contribution < -0.4 is 5.32 Å². The van der Waals surface area contributed by atoms with Gasteiger partial charge in [-0.1, -0.05) is 35.2 Å². The van der Waals surface area contributed by atoms with Gasteiger partial charge in [-0.2, -0.15) is 0 Å². The molecule has 2 heterocycles. The fourth-order valence-electron chi connectivity index (χ4n) is 4.88. The topological polar surface area (TPSA) is 77.7 Å². The minimum atomic E-state index is -0.503. The molecule has 4 rings (SSSR count). The number of hydrogen-bond acceptors (Lipinski definition) is 5. The fraction of sp³-hybridized carbons (Fsp3) is 0.565. The van der Waals surface area contributed by atoms with E-state index >= 15 is 0 Å². The van der Waals surface area contributed by atoms with E-state index in [2.05, 4.69) is 36.0 Å². The van der Waals surface area contributed by atoms with Gasteiger partial charge in [-0.3, -0.25) is 14.6 Å². The van der Waals surface area contributed by atoms with Crippen LogP contribution in [0.15, 0.2) is 22.7 Å². The van der Waals surface area contributed by atoms with Gasteiger partial charge in [0.2, 0.25) is 5.91 Å². The first-order chi connectivity index (χ1) is 15.0. The lowest BCUT2D eigenvalue weighted by molar-refractivity contribution is -0.121. The summed E-state index contributed by atoms with van der Waals surface area (Å²) in [5.41, 5.74) is 1.51. The molecule has 1 amide bonds. The number of aromatic nitrogens is 1. The number of anilines is 1. The summed E-state index contributed by atoms with van der Waals surface area (Å²) < 4.78 is 5.79. The number of esters is 1. The van der Waals surface area contributed by atoms with E-state index in [1.807, 2.05) is 25.1 Å². The highest BCUT2D eigenvalue weighted by molar-refractivity contribution is 9.10. The molecule has 31 heavy (non-hydrogen) atoms. The van der Waals surface area contributed by atoms with Crippen molar-refractivity contribution in [2.24, 2.45) is 0 Å². The quantitative estimate of drug-likeness (QED) is 0.619. The van der Waals surface area contributed by atoms with E-state index in [0.717, 1.165) is 41.6 Å². The van der Waals surface area contributed by atoms with Crippen LogP contribution in [0.1, 0.15) is 49.5 Å². The molecule has 1 aliphatic carbocycles. The zero-order chi connectivity index (χ0) is 22.0. The molecule has 0 unspecified atom stereocenters. The molecule has 1 aromatic heterocycles. The number of hydrogen-bond donors (Lipinski definition) is 2. The van der Waals surface area contributed by atoms with Gasteiger partial charge in [-0.25, -0.2) is 4.79 Å². The summed E-state index contributed by atoms with van der Waals surface area (Å²) in [5, 5.41) is 3.78. The minimum absolute atomic E-state index is 0.114. The summed E-state index contributed by atoms with van der Waals surface area (Å²) in [6.07, 6.45) is 6.66. The first kappa shape index (κ1) is 22.3. The third-order valence-electron chi connectivity index (χ3n) is 6.77. The van der Waals surface area contributed by atoms with Crippen molar-refractivity contribution < 1.29 is 14.3 Å². The molecule has 2 aromatic rings. The van der Waals surface area contributed by atoms with Crippen molar-refractivity contribution >= 4 is 44.4 Å². The van der Waals surface area contributed by atoms with Crippen molar-refractivity contribution in [3.8, 4) is 0 Å². The second-order valence-corrected chi connectivity index (χ2v) is 9.50. The summed E-state index contributed by atoms with van der Waals surface area (Å²) in [6, 6.07) is 6.08. The Bertz CT molecular complexity index is 946. The van der Waals surface area contributed by atoms with Crippen molar-refractivity contribution in [1.82, 2.24) is 14.8 Å². The van der Waals surface area contributed by atoms with Crippen LogP contribution in [0.2, 0.25) is 0 Å². The Morgan fingerprint density at radius 3 is 2.55 bits per heavy atom. The molecule has 2 fully saturated rings. The Hall–Kier alpha value is -1.90. The van der Waals surface area contributed by atoms with Gasteiger partial charge in [-0.05, 0) is 38.0 Å². The highest BCUT2D eigenvalue weighted by Gasteiger charge is 2.30. The van der Waals surface area contributed by atoms with Crippen LogP contribution >= 0.6 is 15.9 Å². The standard InChI is InChI=1S/C23H31BrN4O3/c1-15(27-10-12-28(13-11-27)17-6-4-3-5-7-17)22(29)26-20-18-14-16(24)8-9-19(18)25-21(20)23(30)31-2/h8-9,14-15,17,25H,3-7,10-13H2,1-2H3,(H,26,29)/t15-/m1/s1. The molecule has 1 aliphatic heterocycles. The number of nitrogens with zero attached hydrogens (tertiary/aromatic N) is 2. The monoisotopic (exact) mass is 490 g/mol. The second-order valence-electron chi connectivity index (χ2n) is 8.59. The van der Waals surface area contributed by atoms with Crippen LogP contribution in [0, 0.1) is 0 Å². The highest BCUT2D eigenvalue weighted by Crippen LogP contribution is 2.31. The SMILES string of the molecule is COC(=O)c1[nH]c2ccc(Br)cc2c1NC(=O)[C@@H](C)N1CCN(C2CCCCC2)CC1. The zero-order valence-electron chi connectivity index (χ0n) is 18.2. The van der Waals surface area contributed by atoms with Crippen molar-refractivity contribution in [1.29, 1.82) is 0 Å². The number of amides is 1. The number of nitrogens with one attached hydrogen (secondary N) is 2. The van der Waals surface area contributed by atoms with Gasteiger partial charge in [0, 0.05) is 47.6 Å². The number of halogens is 1.